The number of nitrogens with one attached hydrogen (secondary N) is 1. The van der Waals surface area contributed by atoms with Gasteiger partial charge in [-0.05, 0) is 36.4 Å². The van der Waals surface area contributed by atoms with E-state index < -0.39 is 0 Å². The van der Waals surface area contributed by atoms with Gasteiger partial charge >= 0.3 is 0 Å². The number of rotatable bonds is 5. The van der Waals surface area contributed by atoms with Crippen molar-refractivity contribution >= 4 is 11.6 Å². The summed E-state index contributed by atoms with van der Waals surface area (Å²) < 4.78 is 0. The van der Waals surface area contributed by atoms with Crippen LogP contribution in [0.5, 0.6) is 0 Å². The zero-order chi connectivity index (χ0) is 10.5. The first kappa shape index (κ1) is 11.0. The molecule has 1 fully saturated rings. The summed E-state index contributed by atoms with van der Waals surface area (Å²) >= 11 is 5.79. The van der Waals surface area contributed by atoms with Crippen LogP contribution in [-0.4, -0.2) is 6.54 Å². The van der Waals surface area contributed by atoms with Crippen molar-refractivity contribution in [3.8, 4) is 0 Å². The second kappa shape index (κ2) is 5.53. The van der Waals surface area contributed by atoms with E-state index in [1.165, 1.54) is 36.9 Å². The first-order valence-corrected chi connectivity index (χ1v) is 6.26. The Labute approximate surface area is 96.8 Å². The van der Waals surface area contributed by atoms with Crippen molar-refractivity contribution in [2.75, 3.05) is 6.54 Å². The average molecular weight is 224 g/mol. The van der Waals surface area contributed by atoms with Crippen molar-refractivity contribution in [2.45, 2.75) is 31.7 Å². The number of halogens is 1. The Bertz CT molecular complexity index is 307. The average Bonchev–Trinajstić information content (AvgIpc) is 2.22. The smallest absolute Gasteiger partial charge is 0.0474 e. The summed E-state index contributed by atoms with van der Waals surface area (Å²) in [6.45, 7) is 2.15. The normalized spacial score (nSPS) is 16.3. The van der Waals surface area contributed by atoms with E-state index in [4.69, 9.17) is 11.6 Å². The Kier molecular flexibility index (Phi) is 4.04. The quantitative estimate of drug-likeness (QED) is 0.756. The zero-order valence-corrected chi connectivity index (χ0v) is 9.76. The van der Waals surface area contributed by atoms with Crippen LogP contribution in [0, 0.1) is 5.92 Å². The minimum absolute atomic E-state index is 0.608. The topological polar surface area (TPSA) is 12.0 Å². The summed E-state index contributed by atoms with van der Waals surface area (Å²) in [5, 5.41) is 3.51. The first-order chi connectivity index (χ1) is 7.38. The van der Waals surface area contributed by atoms with Crippen LogP contribution in [-0.2, 0) is 12.4 Å². The van der Waals surface area contributed by atoms with Gasteiger partial charge in [0.25, 0.3) is 0 Å². The fourth-order valence-electron chi connectivity index (χ4n) is 1.94. The van der Waals surface area contributed by atoms with E-state index in [1.807, 2.05) is 0 Å². The first-order valence-electron chi connectivity index (χ1n) is 5.73. The molecule has 0 atom stereocenters. The maximum Gasteiger partial charge on any atom is 0.0474 e. The highest BCUT2D eigenvalue weighted by atomic mass is 35.5. The maximum absolute atomic E-state index is 5.79. The molecule has 1 aliphatic rings. The van der Waals surface area contributed by atoms with Crippen LogP contribution in [0.15, 0.2) is 24.3 Å². The predicted molar refractivity (Wildman–Crippen MR) is 65.0 cm³/mol. The molecule has 1 aromatic rings. The van der Waals surface area contributed by atoms with Gasteiger partial charge in [0, 0.05) is 12.4 Å². The number of hydrogen-bond acceptors (Lipinski definition) is 1. The lowest BCUT2D eigenvalue weighted by atomic mass is 9.85. The Morgan fingerprint density at radius 1 is 1.27 bits per heavy atom. The Morgan fingerprint density at radius 2 is 2.07 bits per heavy atom. The fourth-order valence-corrected chi connectivity index (χ4v) is 2.11. The van der Waals surface area contributed by atoms with Crippen molar-refractivity contribution in [1.82, 2.24) is 5.32 Å². The second-order valence-electron chi connectivity index (χ2n) is 4.38. The summed E-state index contributed by atoms with van der Waals surface area (Å²) in [4.78, 5) is 0. The van der Waals surface area contributed by atoms with Gasteiger partial charge in [-0.1, -0.05) is 30.7 Å². The maximum atomic E-state index is 5.79. The van der Waals surface area contributed by atoms with Crippen LogP contribution in [0.1, 0.15) is 30.4 Å². The van der Waals surface area contributed by atoms with Gasteiger partial charge in [-0.3, -0.25) is 0 Å². The molecule has 0 bridgehead atoms. The van der Waals surface area contributed by atoms with Crippen molar-refractivity contribution in [2.24, 2.45) is 5.92 Å². The minimum Gasteiger partial charge on any atom is -0.312 e. The molecule has 1 saturated carbocycles. The molecule has 1 N–H and O–H groups in total. The van der Waals surface area contributed by atoms with Gasteiger partial charge in [0.05, 0.1) is 0 Å². The highest BCUT2D eigenvalue weighted by Gasteiger charge is 2.16. The Balaban J connectivity index is 1.76. The lowest BCUT2D eigenvalue weighted by molar-refractivity contribution is 0.301. The highest BCUT2D eigenvalue weighted by molar-refractivity contribution is 6.17. The molecular weight excluding hydrogens is 206 g/mol. The van der Waals surface area contributed by atoms with Crippen LogP contribution in [0.25, 0.3) is 0 Å². The predicted octanol–water partition coefficient (Wildman–Crippen LogP) is 3.32. The third-order valence-corrected chi connectivity index (χ3v) is 3.44. The van der Waals surface area contributed by atoms with Crippen molar-refractivity contribution in [1.29, 1.82) is 0 Å². The number of benzene rings is 1. The lowest BCUT2D eigenvalue weighted by Gasteiger charge is -2.25. The molecule has 1 aliphatic carbocycles. The van der Waals surface area contributed by atoms with Gasteiger partial charge in [0.1, 0.15) is 0 Å². The largest absolute Gasteiger partial charge is 0.312 e. The van der Waals surface area contributed by atoms with Gasteiger partial charge in [0.2, 0.25) is 0 Å². The summed E-state index contributed by atoms with van der Waals surface area (Å²) in [5.41, 5.74) is 2.55. The summed E-state index contributed by atoms with van der Waals surface area (Å²) in [5.74, 6) is 1.54. The molecule has 0 heterocycles. The van der Waals surface area contributed by atoms with Crippen LogP contribution in [0.2, 0.25) is 0 Å². The Morgan fingerprint density at radius 3 is 2.73 bits per heavy atom. The third kappa shape index (κ3) is 3.22. The third-order valence-electron chi connectivity index (χ3n) is 3.13. The van der Waals surface area contributed by atoms with Crippen LogP contribution >= 0.6 is 11.6 Å². The molecule has 0 amide bonds. The van der Waals surface area contributed by atoms with Crippen LogP contribution in [0.3, 0.4) is 0 Å². The molecule has 0 radical (unpaired) electrons. The van der Waals surface area contributed by atoms with Gasteiger partial charge < -0.3 is 5.32 Å². The van der Waals surface area contributed by atoms with Crippen molar-refractivity contribution < 1.29 is 0 Å². The summed E-state index contributed by atoms with van der Waals surface area (Å²) in [6.07, 6.45) is 4.25. The monoisotopic (exact) mass is 223 g/mol. The van der Waals surface area contributed by atoms with E-state index in [-0.39, 0.29) is 0 Å². The lowest BCUT2D eigenvalue weighted by Crippen LogP contribution is -2.26. The molecule has 82 valence electrons. The molecular formula is C13H18ClN. The molecule has 0 aromatic heterocycles. The van der Waals surface area contributed by atoms with E-state index in [0.29, 0.717) is 5.88 Å². The minimum atomic E-state index is 0.608. The van der Waals surface area contributed by atoms with Crippen LogP contribution in [0.4, 0.5) is 0 Å². The van der Waals surface area contributed by atoms with Crippen LogP contribution < -0.4 is 5.32 Å². The zero-order valence-electron chi connectivity index (χ0n) is 9.01. The highest BCUT2D eigenvalue weighted by Crippen LogP contribution is 2.25. The van der Waals surface area contributed by atoms with Gasteiger partial charge in [-0.2, -0.15) is 0 Å². The van der Waals surface area contributed by atoms with Crippen molar-refractivity contribution in [3.63, 3.8) is 0 Å². The molecule has 1 aromatic carbocycles. The Hall–Kier alpha value is -0.530. The van der Waals surface area contributed by atoms with E-state index in [1.54, 1.807) is 0 Å². The molecule has 0 spiro atoms. The molecule has 2 heteroatoms. The van der Waals surface area contributed by atoms with Gasteiger partial charge in [-0.15, -0.1) is 11.6 Å². The summed E-state index contributed by atoms with van der Waals surface area (Å²) in [6, 6.07) is 8.49. The number of alkyl halides is 1. The van der Waals surface area contributed by atoms with Crippen molar-refractivity contribution in [3.05, 3.63) is 35.4 Å². The van der Waals surface area contributed by atoms with Gasteiger partial charge in [0.15, 0.2) is 0 Å². The molecule has 0 saturated heterocycles. The molecule has 0 unspecified atom stereocenters. The molecule has 1 nitrogen and oxygen atoms in total. The summed E-state index contributed by atoms with van der Waals surface area (Å²) in [7, 11) is 0. The SMILES string of the molecule is ClCc1cccc(CNCC2CCC2)c1. The van der Waals surface area contributed by atoms with E-state index in [2.05, 4.69) is 29.6 Å². The van der Waals surface area contributed by atoms with E-state index in [0.717, 1.165) is 12.5 Å². The van der Waals surface area contributed by atoms with Gasteiger partial charge in [-0.25, -0.2) is 0 Å². The second-order valence-corrected chi connectivity index (χ2v) is 4.65. The molecule has 0 aliphatic heterocycles. The number of hydrogen-bond donors (Lipinski definition) is 1. The standard InChI is InChI=1S/C13H18ClN/c14-8-12-5-2-6-13(7-12)10-15-9-11-3-1-4-11/h2,5-7,11,15H,1,3-4,8-10H2. The van der Waals surface area contributed by atoms with E-state index in [9.17, 15) is 0 Å². The van der Waals surface area contributed by atoms with E-state index >= 15 is 0 Å². The molecule has 15 heavy (non-hydrogen) atoms. The molecule has 2 rings (SSSR count). The fraction of sp³-hybridized carbons (Fsp3) is 0.538.